The molecule has 1 atom stereocenters. The Morgan fingerprint density at radius 1 is 1.24 bits per heavy atom. The number of hydrogen-bond acceptors (Lipinski definition) is 4. The number of nitrogens with zero attached hydrogens (tertiary/aromatic N) is 4. The lowest BCUT2D eigenvalue weighted by atomic mass is 10.1. The molecule has 7 nitrogen and oxygen atoms in total. The predicted molar refractivity (Wildman–Crippen MR) is 94.5 cm³/mol. The zero-order valence-corrected chi connectivity index (χ0v) is 14.9. The van der Waals surface area contributed by atoms with Gasteiger partial charge in [-0.25, -0.2) is 4.68 Å². The molecule has 3 rings (SSSR count). The summed E-state index contributed by atoms with van der Waals surface area (Å²) < 4.78 is 1.33. The zero-order valence-electron chi connectivity index (χ0n) is 14.9. The number of carbonyl (C=O) groups is 2. The summed E-state index contributed by atoms with van der Waals surface area (Å²) in [6.45, 7) is 4.31. The summed E-state index contributed by atoms with van der Waals surface area (Å²) in [4.78, 5) is 40.9. The van der Waals surface area contributed by atoms with Gasteiger partial charge in [0.2, 0.25) is 5.91 Å². The number of aromatic nitrogens is 2. The maximum absolute atomic E-state index is 13.1. The third kappa shape index (κ3) is 2.79. The van der Waals surface area contributed by atoms with Crippen LogP contribution in [0.15, 0.2) is 29.1 Å². The second-order valence-electron chi connectivity index (χ2n) is 6.72. The summed E-state index contributed by atoms with van der Waals surface area (Å²) in [5.41, 5.74) is -0.0183. The Morgan fingerprint density at radius 3 is 2.44 bits per heavy atom. The Morgan fingerprint density at radius 2 is 1.88 bits per heavy atom. The summed E-state index contributed by atoms with van der Waals surface area (Å²) in [6.07, 6.45) is 0.597. The maximum Gasteiger partial charge on any atom is 0.275 e. The molecule has 0 bridgehead atoms. The first-order valence-corrected chi connectivity index (χ1v) is 8.36. The average molecular weight is 342 g/mol. The minimum absolute atomic E-state index is 0.0719. The largest absolute Gasteiger partial charge is 0.344 e. The molecule has 0 radical (unpaired) electrons. The highest BCUT2D eigenvalue weighted by atomic mass is 16.2. The molecule has 1 fully saturated rings. The van der Waals surface area contributed by atoms with Crippen LogP contribution < -0.4 is 5.56 Å². The molecule has 1 saturated heterocycles. The second kappa shape index (κ2) is 6.31. The topological polar surface area (TPSA) is 75.5 Å². The van der Waals surface area contributed by atoms with Gasteiger partial charge in [0, 0.05) is 26.0 Å². The van der Waals surface area contributed by atoms with E-state index in [0.29, 0.717) is 23.7 Å². The number of carbonyl (C=O) groups excluding carboxylic acids is 2. The number of likely N-dealkylation sites (tertiary alicyclic amines) is 1. The smallest absolute Gasteiger partial charge is 0.275 e. The van der Waals surface area contributed by atoms with Crippen molar-refractivity contribution in [2.45, 2.75) is 32.4 Å². The number of benzene rings is 1. The van der Waals surface area contributed by atoms with E-state index in [0.717, 1.165) is 0 Å². The van der Waals surface area contributed by atoms with Crippen LogP contribution in [0, 0.1) is 0 Å². The highest BCUT2D eigenvalue weighted by molar-refractivity contribution is 6.06. The maximum atomic E-state index is 13.1. The van der Waals surface area contributed by atoms with Gasteiger partial charge in [-0.3, -0.25) is 14.4 Å². The van der Waals surface area contributed by atoms with E-state index in [4.69, 9.17) is 0 Å². The summed E-state index contributed by atoms with van der Waals surface area (Å²) >= 11 is 0. The van der Waals surface area contributed by atoms with E-state index in [9.17, 15) is 14.4 Å². The Labute approximate surface area is 145 Å². The van der Waals surface area contributed by atoms with Crippen LogP contribution in [0.4, 0.5) is 0 Å². The van der Waals surface area contributed by atoms with Gasteiger partial charge in [0.15, 0.2) is 5.69 Å². The van der Waals surface area contributed by atoms with Gasteiger partial charge in [-0.05, 0) is 26.3 Å². The molecule has 0 spiro atoms. The SMILES string of the molecule is CC(C)n1nc(C(=O)N(C)C2CCN(C)C2=O)c2ccccc2c1=O. The molecular formula is C18H22N4O3. The Bertz CT molecular complexity index is 903. The lowest BCUT2D eigenvalue weighted by molar-refractivity contribution is -0.130. The van der Waals surface area contributed by atoms with E-state index in [1.807, 2.05) is 13.8 Å². The van der Waals surface area contributed by atoms with Crippen molar-refractivity contribution < 1.29 is 9.59 Å². The summed E-state index contributed by atoms with van der Waals surface area (Å²) in [6, 6.07) is 6.29. The Kier molecular flexibility index (Phi) is 4.32. The van der Waals surface area contributed by atoms with Gasteiger partial charge in [0.25, 0.3) is 11.5 Å². The number of amides is 2. The fourth-order valence-corrected chi connectivity index (χ4v) is 3.19. The summed E-state index contributed by atoms with van der Waals surface area (Å²) in [5.74, 6) is -0.420. The fraction of sp³-hybridized carbons (Fsp3) is 0.444. The standard InChI is InChI=1S/C18H22N4O3/c1-11(2)22-16(23)13-8-6-5-7-12(13)15(19-22)18(25)21(4)14-9-10-20(3)17(14)24/h5-8,11,14H,9-10H2,1-4H3. The minimum atomic E-state index is -0.488. The van der Waals surface area contributed by atoms with Crippen LogP contribution in [0.3, 0.4) is 0 Å². The van der Waals surface area contributed by atoms with Gasteiger partial charge in [-0.1, -0.05) is 18.2 Å². The molecule has 2 heterocycles. The van der Waals surface area contributed by atoms with E-state index in [-0.39, 0.29) is 29.1 Å². The Hall–Kier alpha value is -2.70. The normalized spacial score (nSPS) is 17.6. The van der Waals surface area contributed by atoms with Crippen LogP contribution in [0.1, 0.15) is 36.8 Å². The molecule has 7 heteroatoms. The molecule has 0 N–H and O–H groups in total. The molecule has 132 valence electrons. The fourth-order valence-electron chi connectivity index (χ4n) is 3.19. The highest BCUT2D eigenvalue weighted by Gasteiger charge is 2.36. The van der Waals surface area contributed by atoms with Crippen molar-refractivity contribution in [3.05, 3.63) is 40.3 Å². The van der Waals surface area contributed by atoms with Crippen LogP contribution in [0.5, 0.6) is 0 Å². The Balaban J connectivity index is 2.11. The molecule has 0 saturated carbocycles. The predicted octanol–water partition coefficient (Wildman–Crippen LogP) is 1.28. The van der Waals surface area contributed by atoms with Crippen LogP contribution in [0.2, 0.25) is 0 Å². The highest BCUT2D eigenvalue weighted by Crippen LogP contribution is 2.20. The molecule has 1 aliphatic rings. The molecule has 25 heavy (non-hydrogen) atoms. The molecule has 1 aliphatic heterocycles. The van der Waals surface area contributed by atoms with Crippen LogP contribution >= 0.6 is 0 Å². The van der Waals surface area contributed by atoms with E-state index in [1.165, 1.54) is 9.58 Å². The van der Waals surface area contributed by atoms with E-state index >= 15 is 0 Å². The minimum Gasteiger partial charge on any atom is -0.344 e. The molecule has 1 aromatic carbocycles. The van der Waals surface area contributed by atoms with Gasteiger partial charge >= 0.3 is 0 Å². The van der Waals surface area contributed by atoms with E-state index in [1.54, 1.807) is 43.3 Å². The number of hydrogen-bond donors (Lipinski definition) is 0. The van der Waals surface area contributed by atoms with Crippen molar-refractivity contribution >= 4 is 22.6 Å². The summed E-state index contributed by atoms with van der Waals surface area (Å²) in [7, 11) is 3.35. The van der Waals surface area contributed by atoms with Crippen molar-refractivity contribution in [3.63, 3.8) is 0 Å². The number of fused-ring (bicyclic) bond motifs is 1. The van der Waals surface area contributed by atoms with E-state index in [2.05, 4.69) is 5.10 Å². The lowest BCUT2D eigenvalue weighted by Gasteiger charge is -2.24. The van der Waals surface area contributed by atoms with Crippen molar-refractivity contribution in [2.75, 3.05) is 20.6 Å². The van der Waals surface area contributed by atoms with Gasteiger partial charge in [-0.2, -0.15) is 5.10 Å². The van der Waals surface area contributed by atoms with Crippen molar-refractivity contribution in [3.8, 4) is 0 Å². The molecule has 2 amide bonds. The summed E-state index contributed by atoms with van der Waals surface area (Å²) in [5, 5.41) is 5.29. The van der Waals surface area contributed by atoms with Crippen molar-refractivity contribution in [1.29, 1.82) is 0 Å². The monoisotopic (exact) mass is 342 g/mol. The molecule has 2 aromatic rings. The van der Waals surface area contributed by atoms with Gasteiger partial charge in [-0.15, -0.1) is 0 Å². The third-order valence-corrected chi connectivity index (χ3v) is 4.71. The number of likely N-dealkylation sites (N-methyl/N-ethyl adjacent to an activating group) is 2. The first kappa shape index (κ1) is 17.1. The second-order valence-corrected chi connectivity index (χ2v) is 6.72. The molecular weight excluding hydrogens is 320 g/mol. The average Bonchev–Trinajstić information content (AvgIpc) is 2.93. The van der Waals surface area contributed by atoms with Gasteiger partial charge < -0.3 is 9.80 Å². The van der Waals surface area contributed by atoms with Gasteiger partial charge in [0.1, 0.15) is 6.04 Å². The quantitative estimate of drug-likeness (QED) is 0.842. The first-order valence-electron chi connectivity index (χ1n) is 8.36. The zero-order chi connectivity index (χ0) is 18.3. The van der Waals surface area contributed by atoms with Crippen LogP contribution in [-0.4, -0.2) is 58.1 Å². The van der Waals surface area contributed by atoms with Gasteiger partial charge in [0.05, 0.1) is 11.4 Å². The lowest BCUT2D eigenvalue weighted by Crippen LogP contribution is -2.43. The van der Waals surface area contributed by atoms with Crippen molar-refractivity contribution in [1.82, 2.24) is 19.6 Å². The molecule has 1 aromatic heterocycles. The van der Waals surface area contributed by atoms with Crippen molar-refractivity contribution in [2.24, 2.45) is 0 Å². The van der Waals surface area contributed by atoms with E-state index < -0.39 is 6.04 Å². The third-order valence-electron chi connectivity index (χ3n) is 4.71. The van der Waals surface area contributed by atoms with Crippen LogP contribution in [0.25, 0.3) is 10.8 Å². The number of rotatable bonds is 3. The molecule has 1 unspecified atom stereocenters. The van der Waals surface area contributed by atoms with Crippen LogP contribution in [-0.2, 0) is 4.79 Å². The first-order chi connectivity index (χ1) is 11.8. The molecule has 0 aliphatic carbocycles.